The van der Waals surface area contributed by atoms with E-state index in [4.69, 9.17) is 4.42 Å². The Balaban J connectivity index is 1.31. The van der Waals surface area contributed by atoms with Crippen molar-refractivity contribution in [2.75, 3.05) is 6.54 Å². The minimum Gasteiger partial charge on any atom is -0.451 e. The van der Waals surface area contributed by atoms with Crippen LogP contribution in [-0.2, 0) is 6.42 Å². The zero-order valence-electron chi connectivity index (χ0n) is 14.5. The second-order valence-corrected chi connectivity index (χ2v) is 6.20. The Bertz CT molecular complexity index is 1050. The molecule has 0 aliphatic rings. The van der Waals surface area contributed by atoms with Crippen molar-refractivity contribution >= 4 is 16.9 Å². The van der Waals surface area contributed by atoms with Crippen molar-refractivity contribution in [3.63, 3.8) is 0 Å². The lowest BCUT2D eigenvalue weighted by Crippen LogP contribution is -2.24. The van der Waals surface area contributed by atoms with Gasteiger partial charge in [0.2, 0.25) is 0 Å². The Labute approximate surface area is 155 Å². The number of amides is 1. The Kier molecular flexibility index (Phi) is 4.70. The average molecular weight is 363 g/mol. The fourth-order valence-electron chi connectivity index (χ4n) is 2.93. The Morgan fingerprint density at radius 3 is 2.74 bits per heavy atom. The number of hydrogen-bond acceptors (Lipinski definition) is 3. The van der Waals surface area contributed by atoms with Crippen LogP contribution in [0.2, 0.25) is 0 Å². The van der Waals surface area contributed by atoms with E-state index in [1.54, 1.807) is 30.3 Å². The van der Waals surface area contributed by atoms with Gasteiger partial charge in [0.05, 0.1) is 16.6 Å². The van der Waals surface area contributed by atoms with Crippen LogP contribution in [0.3, 0.4) is 0 Å². The third kappa shape index (κ3) is 3.74. The van der Waals surface area contributed by atoms with Gasteiger partial charge in [-0.15, -0.1) is 0 Å². The molecule has 136 valence electrons. The number of furan rings is 1. The largest absolute Gasteiger partial charge is 0.451 e. The highest BCUT2D eigenvalue weighted by Gasteiger charge is 2.14. The number of para-hydroxylation sites is 2. The summed E-state index contributed by atoms with van der Waals surface area (Å²) in [4.78, 5) is 20.0. The van der Waals surface area contributed by atoms with Crippen molar-refractivity contribution in [2.24, 2.45) is 0 Å². The number of rotatable bonds is 6. The first-order chi connectivity index (χ1) is 13.2. The van der Waals surface area contributed by atoms with Gasteiger partial charge in [-0.3, -0.25) is 4.79 Å². The maximum absolute atomic E-state index is 13.8. The summed E-state index contributed by atoms with van der Waals surface area (Å²) >= 11 is 0. The van der Waals surface area contributed by atoms with Crippen molar-refractivity contribution in [1.29, 1.82) is 0 Å². The molecule has 0 saturated carbocycles. The van der Waals surface area contributed by atoms with Crippen molar-refractivity contribution in [3.8, 4) is 11.3 Å². The molecule has 2 aromatic heterocycles. The summed E-state index contributed by atoms with van der Waals surface area (Å²) in [6.45, 7) is 0.492. The number of aryl methyl sites for hydroxylation is 1. The zero-order valence-corrected chi connectivity index (χ0v) is 14.5. The molecule has 1 amide bonds. The topological polar surface area (TPSA) is 70.9 Å². The highest BCUT2D eigenvalue weighted by molar-refractivity contribution is 5.92. The number of H-pyrrole nitrogens is 1. The van der Waals surface area contributed by atoms with Gasteiger partial charge in [-0.1, -0.05) is 24.3 Å². The molecule has 0 aliphatic carbocycles. The zero-order chi connectivity index (χ0) is 18.6. The van der Waals surface area contributed by atoms with Gasteiger partial charge < -0.3 is 14.7 Å². The molecule has 0 radical (unpaired) electrons. The second-order valence-electron chi connectivity index (χ2n) is 6.20. The minimum atomic E-state index is -0.385. The number of halogens is 1. The first kappa shape index (κ1) is 17.0. The number of aromatic amines is 1. The summed E-state index contributed by atoms with van der Waals surface area (Å²) in [5, 5.41) is 2.81. The molecule has 0 fully saturated rings. The number of aromatic nitrogens is 2. The fraction of sp³-hybridized carbons (Fsp3) is 0.143. The number of nitrogens with zero attached hydrogens (tertiary/aromatic N) is 1. The van der Waals surface area contributed by atoms with Crippen molar-refractivity contribution in [1.82, 2.24) is 15.3 Å². The second kappa shape index (κ2) is 7.45. The molecule has 2 heterocycles. The van der Waals surface area contributed by atoms with E-state index in [-0.39, 0.29) is 17.5 Å². The lowest BCUT2D eigenvalue weighted by molar-refractivity contribution is 0.0926. The number of fused-ring (bicyclic) bond motifs is 1. The summed E-state index contributed by atoms with van der Waals surface area (Å²) in [7, 11) is 0. The minimum absolute atomic E-state index is 0.164. The van der Waals surface area contributed by atoms with Crippen LogP contribution in [-0.4, -0.2) is 22.4 Å². The van der Waals surface area contributed by atoms with Gasteiger partial charge >= 0.3 is 0 Å². The molecule has 4 rings (SSSR count). The van der Waals surface area contributed by atoms with Crippen LogP contribution in [0, 0.1) is 5.82 Å². The molecule has 4 aromatic rings. The Morgan fingerprint density at radius 2 is 1.89 bits per heavy atom. The fourth-order valence-corrected chi connectivity index (χ4v) is 2.93. The van der Waals surface area contributed by atoms with E-state index < -0.39 is 0 Å². The van der Waals surface area contributed by atoms with Crippen LogP contribution in [0.15, 0.2) is 65.1 Å². The van der Waals surface area contributed by atoms with Crippen LogP contribution in [0.5, 0.6) is 0 Å². The van der Waals surface area contributed by atoms with E-state index in [1.165, 1.54) is 6.07 Å². The summed E-state index contributed by atoms with van der Waals surface area (Å²) < 4.78 is 19.3. The molecule has 0 aliphatic heterocycles. The number of nitrogens with one attached hydrogen (secondary N) is 2. The molecule has 0 spiro atoms. The number of imidazole rings is 1. The lowest BCUT2D eigenvalue weighted by atomic mass is 10.1. The average Bonchev–Trinajstić information content (AvgIpc) is 3.32. The molecular formula is C21H18FN3O2. The van der Waals surface area contributed by atoms with Crippen molar-refractivity contribution in [2.45, 2.75) is 12.8 Å². The van der Waals surface area contributed by atoms with Gasteiger partial charge in [-0.25, -0.2) is 9.37 Å². The van der Waals surface area contributed by atoms with Crippen molar-refractivity contribution < 1.29 is 13.6 Å². The molecule has 6 heteroatoms. The number of carbonyl (C=O) groups excluding carboxylic acids is 1. The third-order valence-electron chi connectivity index (χ3n) is 4.28. The highest BCUT2D eigenvalue weighted by atomic mass is 19.1. The van der Waals surface area contributed by atoms with Crippen LogP contribution < -0.4 is 5.32 Å². The molecule has 0 atom stereocenters. The normalized spacial score (nSPS) is 11.0. The lowest BCUT2D eigenvalue weighted by Gasteiger charge is -2.02. The quantitative estimate of drug-likeness (QED) is 0.501. The number of carbonyl (C=O) groups is 1. The van der Waals surface area contributed by atoms with Crippen molar-refractivity contribution in [3.05, 3.63) is 78.1 Å². The van der Waals surface area contributed by atoms with E-state index in [2.05, 4.69) is 15.3 Å². The van der Waals surface area contributed by atoms with Crippen LogP contribution in [0.1, 0.15) is 22.8 Å². The summed E-state index contributed by atoms with van der Waals surface area (Å²) in [5.41, 5.74) is 2.28. The molecule has 2 N–H and O–H groups in total. The number of benzene rings is 2. The molecule has 27 heavy (non-hydrogen) atoms. The van der Waals surface area contributed by atoms with Gasteiger partial charge in [0.25, 0.3) is 5.91 Å². The van der Waals surface area contributed by atoms with E-state index in [1.807, 2.05) is 24.3 Å². The molecule has 0 saturated heterocycles. The molecule has 0 unspecified atom stereocenters. The monoisotopic (exact) mass is 363 g/mol. The van der Waals surface area contributed by atoms with Crippen LogP contribution >= 0.6 is 0 Å². The Morgan fingerprint density at radius 1 is 1.07 bits per heavy atom. The molecule has 0 bridgehead atoms. The summed E-state index contributed by atoms with van der Waals surface area (Å²) in [5.74, 6) is 0.689. The van der Waals surface area contributed by atoms with Gasteiger partial charge in [0.15, 0.2) is 5.76 Å². The van der Waals surface area contributed by atoms with Crippen LogP contribution in [0.4, 0.5) is 4.39 Å². The smallest absolute Gasteiger partial charge is 0.287 e. The standard InChI is InChI=1S/C21H18FN3O2/c22-15-7-2-1-6-14(15)18-11-12-19(27-18)21(26)23-13-5-10-20-24-16-8-3-4-9-17(16)25-20/h1-4,6-9,11-12H,5,10,13H2,(H,23,26)(H,24,25). The summed E-state index contributed by atoms with van der Waals surface area (Å²) in [6, 6.07) is 17.3. The number of hydrogen-bond donors (Lipinski definition) is 2. The first-order valence-electron chi connectivity index (χ1n) is 8.77. The maximum Gasteiger partial charge on any atom is 0.287 e. The van der Waals surface area contributed by atoms with Gasteiger partial charge in [0, 0.05) is 13.0 Å². The molecule has 5 nitrogen and oxygen atoms in total. The predicted molar refractivity (Wildman–Crippen MR) is 101 cm³/mol. The van der Waals surface area contributed by atoms with E-state index in [0.717, 1.165) is 29.7 Å². The van der Waals surface area contributed by atoms with E-state index >= 15 is 0 Å². The first-order valence-corrected chi connectivity index (χ1v) is 8.77. The maximum atomic E-state index is 13.8. The van der Waals surface area contributed by atoms with Gasteiger partial charge in [-0.05, 0) is 42.8 Å². The third-order valence-corrected chi connectivity index (χ3v) is 4.28. The van der Waals surface area contributed by atoms with Gasteiger partial charge in [-0.2, -0.15) is 0 Å². The molecule has 2 aromatic carbocycles. The summed E-state index contributed by atoms with van der Waals surface area (Å²) in [6.07, 6.45) is 1.47. The van der Waals surface area contributed by atoms with E-state index in [0.29, 0.717) is 17.9 Å². The van der Waals surface area contributed by atoms with E-state index in [9.17, 15) is 9.18 Å². The Hall–Kier alpha value is -3.41. The van der Waals surface area contributed by atoms with Gasteiger partial charge in [0.1, 0.15) is 17.4 Å². The SMILES string of the molecule is O=C(NCCCc1nc2ccccc2[nH]1)c1ccc(-c2ccccc2F)o1. The highest BCUT2D eigenvalue weighted by Crippen LogP contribution is 2.24. The van der Waals surface area contributed by atoms with Crippen LogP contribution in [0.25, 0.3) is 22.4 Å². The molecular weight excluding hydrogens is 345 g/mol. The predicted octanol–water partition coefficient (Wildman–Crippen LogP) is 4.32.